The minimum Gasteiger partial charge on any atom is -0.497 e. The highest BCUT2D eigenvalue weighted by molar-refractivity contribution is 5.83. The van der Waals surface area contributed by atoms with Gasteiger partial charge in [0.15, 0.2) is 0 Å². The highest BCUT2D eigenvalue weighted by atomic mass is 19.1. The topological polar surface area (TPSA) is 62.7 Å². The second kappa shape index (κ2) is 13.7. The molecule has 0 unspecified atom stereocenters. The Hall–Kier alpha value is -3.06. The monoisotopic (exact) mass is 524 g/mol. The lowest BCUT2D eigenvalue weighted by molar-refractivity contribution is -0.137. The number of carboxylic acids is 1. The van der Waals surface area contributed by atoms with Crippen molar-refractivity contribution in [3.8, 4) is 5.75 Å². The van der Waals surface area contributed by atoms with Crippen LogP contribution in [0.1, 0.15) is 56.1 Å². The number of halogens is 2. The lowest BCUT2D eigenvalue weighted by atomic mass is 9.79. The number of fused-ring (bicyclic) bond motifs is 1. The average Bonchev–Trinajstić information content (AvgIpc) is 2.91. The molecular weight excluding hydrogens is 486 g/mol. The molecule has 1 aliphatic rings. The van der Waals surface area contributed by atoms with E-state index < -0.39 is 17.6 Å². The first kappa shape index (κ1) is 28.0. The van der Waals surface area contributed by atoms with Gasteiger partial charge in [0.2, 0.25) is 0 Å². The lowest BCUT2D eigenvalue weighted by Crippen LogP contribution is -2.41. The molecule has 0 saturated carbocycles. The summed E-state index contributed by atoms with van der Waals surface area (Å²) in [5.41, 5.74) is 2.40. The van der Waals surface area contributed by atoms with Gasteiger partial charge in [-0.15, -0.1) is 0 Å². The average molecular weight is 525 g/mol. The van der Waals surface area contributed by atoms with Crippen LogP contribution in [0, 0.1) is 23.5 Å². The number of likely N-dealkylation sites (tertiary alicyclic amines) is 1. The van der Waals surface area contributed by atoms with E-state index in [0.29, 0.717) is 24.7 Å². The van der Waals surface area contributed by atoms with E-state index in [0.717, 1.165) is 74.8 Å². The Balaban J connectivity index is 1.29. The molecule has 1 saturated heterocycles. The number of rotatable bonds is 13. The van der Waals surface area contributed by atoms with Crippen molar-refractivity contribution < 1.29 is 23.4 Å². The smallest absolute Gasteiger partial charge is 0.303 e. The maximum absolute atomic E-state index is 13.9. The first-order valence-corrected chi connectivity index (χ1v) is 13.7. The van der Waals surface area contributed by atoms with Gasteiger partial charge in [0.1, 0.15) is 17.4 Å². The third kappa shape index (κ3) is 7.50. The van der Waals surface area contributed by atoms with Gasteiger partial charge in [0, 0.05) is 30.1 Å². The van der Waals surface area contributed by atoms with E-state index in [1.165, 1.54) is 23.8 Å². The van der Waals surface area contributed by atoms with Crippen LogP contribution in [0.5, 0.6) is 5.75 Å². The molecule has 0 spiro atoms. The minimum absolute atomic E-state index is 0.172. The summed E-state index contributed by atoms with van der Waals surface area (Å²) in [6, 6.07) is 12.1. The van der Waals surface area contributed by atoms with Crippen LogP contribution >= 0.6 is 0 Å². The Kier molecular flexibility index (Phi) is 10.0. The van der Waals surface area contributed by atoms with Gasteiger partial charge in [-0.3, -0.25) is 9.78 Å². The zero-order chi connectivity index (χ0) is 26.9. The molecule has 0 amide bonds. The number of unbranched alkanes of at least 4 members (excludes halogenated alkanes) is 1. The molecule has 1 N–H and O–H groups in total. The Bertz CT molecular complexity index is 1200. The standard InChI is InChI=1S/C31H38F2N2O3/c1-38-25-12-13-30-27(20-25)23(15-17-34-30)7-4-6-22-16-19-35(21-24(22)11-14-31(36)37)18-3-2-8-26-28(32)9-5-10-29(26)33/h5,9-10,12-13,15,17,20,22,24H,2-4,6-8,11,14,16,18-19,21H2,1H3,(H,36,37)/t22-,24+/m1/s1. The molecule has 204 valence electrons. The van der Waals surface area contributed by atoms with E-state index in [-0.39, 0.29) is 12.0 Å². The summed E-state index contributed by atoms with van der Waals surface area (Å²) in [5, 5.41) is 10.4. The number of hydrogen-bond acceptors (Lipinski definition) is 4. The predicted molar refractivity (Wildman–Crippen MR) is 145 cm³/mol. The Labute approximate surface area is 223 Å². The number of piperidine rings is 1. The summed E-state index contributed by atoms with van der Waals surface area (Å²) < 4.78 is 33.2. The minimum atomic E-state index is -0.745. The normalized spacial score (nSPS) is 18.1. The summed E-state index contributed by atoms with van der Waals surface area (Å²) >= 11 is 0. The van der Waals surface area contributed by atoms with E-state index in [1.807, 2.05) is 24.4 Å². The molecule has 2 heterocycles. The zero-order valence-corrected chi connectivity index (χ0v) is 22.2. The second-order valence-corrected chi connectivity index (χ2v) is 10.4. The van der Waals surface area contributed by atoms with Gasteiger partial charge >= 0.3 is 5.97 Å². The molecule has 5 nitrogen and oxygen atoms in total. The quantitative estimate of drug-likeness (QED) is 0.253. The molecule has 1 fully saturated rings. The zero-order valence-electron chi connectivity index (χ0n) is 22.2. The Morgan fingerprint density at radius 3 is 2.63 bits per heavy atom. The van der Waals surface area contributed by atoms with Crippen molar-refractivity contribution in [2.45, 2.75) is 57.8 Å². The molecule has 0 bridgehead atoms. The number of aliphatic carboxylic acids is 1. The van der Waals surface area contributed by atoms with E-state index in [1.54, 1.807) is 7.11 Å². The number of nitrogens with zero attached hydrogens (tertiary/aromatic N) is 2. The summed E-state index contributed by atoms with van der Waals surface area (Å²) in [6.07, 6.45) is 8.83. The van der Waals surface area contributed by atoms with E-state index in [9.17, 15) is 18.7 Å². The van der Waals surface area contributed by atoms with Gasteiger partial charge in [0.25, 0.3) is 0 Å². The number of aryl methyl sites for hydroxylation is 1. The number of hydrogen-bond donors (Lipinski definition) is 1. The van der Waals surface area contributed by atoms with E-state index in [4.69, 9.17) is 4.74 Å². The predicted octanol–water partition coefficient (Wildman–Crippen LogP) is 6.67. The summed E-state index contributed by atoms with van der Waals surface area (Å²) in [4.78, 5) is 18.2. The van der Waals surface area contributed by atoms with Crippen molar-refractivity contribution in [3.63, 3.8) is 0 Å². The van der Waals surface area contributed by atoms with Crippen molar-refractivity contribution >= 4 is 16.9 Å². The number of aromatic nitrogens is 1. The number of methoxy groups -OCH3 is 1. The molecule has 7 heteroatoms. The number of carboxylic acid groups (broad SMARTS) is 1. The maximum atomic E-state index is 13.9. The van der Waals surface area contributed by atoms with E-state index >= 15 is 0 Å². The van der Waals surface area contributed by atoms with Crippen LogP contribution < -0.4 is 4.74 Å². The lowest BCUT2D eigenvalue weighted by Gasteiger charge is -2.39. The van der Waals surface area contributed by atoms with Gasteiger partial charge < -0.3 is 14.7 Å². The summed E-state index contributed by atoms with van der Waals surface area (Å²) in [7, 11) is 1.67. The molecule has 1 aromatic heterocycles. The van der Waals surface area contributed by atoms with Crippen LogP contribution in [0.15, 0.2) is 48.7 Å². The SMILES string of the molecule is COc1ccc2nccc(CCC[C@@H]3CCN(CCCCc4c(F)cccc4F)C[C@@H]3CCC(=O)O)c2c1. The van der Waals surface area contributed by atoms with Crippen molar-refractivity contribution in [2.24, 2.45) is 11.8 Å². The van der Waals surface area contributed by atoms with Crippen LogP contribution in [0.4, 0.5) is 8.78 Å². The van der Waals surface area contributed by atoms with Crippen molar-refractivity contribution in [2.75, 3.05) is 26.7 Å². The molecule has 1 aliphatic heterocycles. The van der Waals surface area contributed by atoms with Crippen molar-refractivity contribution in [1.82, 2.24) is 9.88 Å². The van der Waals surface area contributed by atoms with Crippen LogP contribution in [0.2, 0.25) is 0 Å². The van der Waals surface area contributed by atoms with Gasteiger partial charge in [-0.25, -0.2) is 8.78 Å². The molecule has 0 aliphatic carbocycles. The molecule has 0 radical (unpaired) electrons. The number of ether oxygens (including phenoxy) is 1. The first-order valence-electron chi connectivity index (χ1n) is 13.7. The Morgan fingerprint density at radius 1 is 1.05 bits per heavy atom. The third-order valence-corrected chi connectivity index (χ3v) is 7.98. The summed E-state index contributed by atoms with van der Waals surface area (Å²) in [5.74, 6) is -0.0207. The van der Waals surface area contributed by atoms with Crippen LogP contribution in [0.3, 0.4) is 0 Å². The fraction of sp³-hybridized carbons (Fsp3) is 0.484. The molecule has 4 rings (SSSR count). The fourth-order valence-corrected chi connectivity index (χ4v) is 5.87. The third-order valence-electron chi connectivity index (χ3n) is 7.98. The molecular formula is C31H38F2N2O3. The first-order chi connectivity index (χ1) is 18.4. The van der Waals surface area contributed by atoms with Gasteiger partial charge in [-0.05, 0) is 118 Å². The number of carbonyl (C=O) groups is 1. The van der Waals surface area contributed by atoms with Crippen LogP contribution in [0.25, 0.3) is 10.9 Å². The Morgan fingerprint density at radius 2 is 1.87 bits per heavy atom. The number of pyridine rings is 1. The van der Waals surface area contributed by atoms with E-state index in [2.05, 4.69) is 16.0 Å². The number of benzene rings is 2. The largest absolute Gasteiger partial charge is 0.497 e. The molecule has 2 aromatic carbocycles. The van der Waals surface area contributed by atoms with Crippen LogP contribution in [-0.4, -0.2) is 47.7 Å². The van der Waals surface area contributed by atoms with Gasteiger partial charge in [0.05, 0.1) is 12.6 Å². The highest BCUT2D eigenvalue weighted by Gasteiger charge is 2.29. The van der Waals surface area contributed by atoms with Gasteiger partial charge in [-0.2, -0.15) is 0 Å². The second-order valence-electron chi connectivity index (χ2n) is 10.4. The van der Waals surface area contributed by atoms with Crippen LogP contribution in [-0.2, 0) is 17.6 Å². The molecule has 38 heavy (non-hydrogen) atoms. The molecule has 3 aromatic rings. The van der Waals surface area contributed by atoms with Gasteiger partial charge in [-0.1, -0.05) is 6.07 Å². The maximum Gasteiger partial charge on any atom is 0.303 e. The van der Waals surface area contributed by atoms with Crippen molar-refractivity contribution in [1.29, 1.82) is 0 Å². The van der Waals surface area contributed by atoms with Crippen molar-refractivity contribution in [3.05, 3.63) is 71.4 Å². The molecule has 2 atom stereocenters. The highest BCUT2D eigenvalue weighted by Crippen LogP contribution is 2.32. The summed E-state index contributed by atoms with van der Waals surface area (Å²) in [6.45, 7) is 2.75. The fourth-order valence-electron chi connectivity index (χ4n) is 5.87.